The van der Waals surface area contributed by atoms with Crippen molar-refractivity contribution < 1.29 is 44.2 Å². The van der Waals surface area contributed by atoms with Crippen LogP contribution in [0.2, 0.25) is 0 Å². The smallest absolute Gasteiger partial charge is 0.204 e. The second-order valence-electron chi connectivity index (χ2n) is 6.32. The number of hydrogen-bond acceptors (Lipinski definition) is 9. The Bertz CT molecular complexity index is 841. The number of aliphatic hydroxyl groups excluding tert-OH is 3. The van der Waals surface area contributed by atoms with Gasteiger partial charge in [-0.3, -0.25) is 4.79 Å². The standard InChI is InChI=1S/C21H26O9/c1-27-16-8-12(4-5-15(16)25)20(26)19(11-23)30-21-17(28-2)9-13(10-18(21)29-3)14(24)6-7-22/h4-5,8-10,19-20,22-23,25-26H,6-7,11H2,1-3H3. The summed E-state index contributed by atoms with van der Waals surface area (Å²) in [6.45, 7) is -0.849. The third-order valence-electron chi connectivity index (χ3n) is 4.47. The Morgan fingerprint density at radius 1 is 0.967 bits per heavy atom. The molecule has 2 rings (SSSR count). The maximum absolute atomic E-state index is 12.1. The van der Waals surface area contributed by atoms with Crippen LogP contribution in [0.25, 0.3) is 0 Å². The summed E-state index contributed by atoms with van der Waals surface area (Å²) < 4.78 is 21.5. The molecule has 0 fully saturated rings. The molecule has 0 aliphatic rings. The van der Waals surface area contributed by atoms with Crippen molar-refractivity contribution in [3.05, 3.63) is 41.5 Å². The number of methoxy groups -OCH3 is 3. The normalized spacial score (nSPS) is 12.7. The molecule has 2 aromatic rings. The Kier molecular flexibility index (Phi) is 8.28. The van der Waals surface area contributed by atoms with Crippen molar-refractivity contribution in [1.82, 2.24) is 0 Å². The number of ether oxygens (including phenoxy) is 4. The molecule has 0 bridgehead atoms. The molecule has 0 aliphatic heterocycles. The summed E-state index contributed by atoms with van der Waals surface area (Å²) in [6.07, 6.45) is -2.47. The van der Waals surface area contributed by atoms with Crippen LogP contribution in [0.5, 0.6) is 28.7 Å². The highest BCUT2D eigenvalue weighted by molar-refractivity contribution is 5.97. The van der Waals surface area contributed by atoms with Gasteiger partial charge in [-0.1, -0.05) is 6.07 Å². The van der Waals surface area contributed by atoms with Crippen LogP contribution in [0.1, 0.15) is 28.4 Å². The summed E-state index contributed by atoms with van der Waals surface area (Å²) in [6, 6.07) is 7.12. The molecule has 2 aromatic carbocycles. The van der Waals surface area contributed by atoms with Gasteiger partial charge in [-0.05, 0) is 29.8 Å². The summed E-state index contributed by atoms with van der Waals surface area (Å²) in [7, 11) is 4.12. The van der Waals surface area contributed by atoms with Crippen molar-refractivity contribution in [2.45, 2.75) is 18.6 Å². The number of phenols is 1. The van der Waals surface area contributed by atoms with E-state index < -0.39 is 18.8 Å². The summed E-state index contributed by atoms with van der Waals surface area (Å²) in [5.74, 6) is 0.153. The van der Waals surface area contributed by atoms with E-state index in [1.54, 1.807) is 0 Å². The Labute approximate surface area is 174 Å². The van der Waals surface area contributed by atoms with Crippen molar-refractivity contribution in [1.29, 1.82) is 0 Å². The third kappa shape index (κ3) is 5.12. The molecule has 9 heteroatoms. The van der Waals surface area contributed by atoms with Gasteiger partial charge in [-0.15, -0.1) is 0 Å². The predicted octanol–water partition coefficient (Wildman–Crippen LogP) is 1.46. The van der Waals surface area contributed by atoms with Gasteiger partial charge in [0.1, 0.15) is 6.10 Å². The van der Waals surface area contributed by atoms with Crippen LogP contribution in [0.3, 0.4) is 0 Å². The molecule has 0 aromatic heterocycles. The zero-order valence-electron chi connectivity index (χ0n) is 17.0. The molecule has 164 valence electrons. The number of hydrogen-bond donors (Lipinski definition) is 4. The second-order valence-corrected chi connectivity index (χ2v) is 6.32. The van der Waals surface area contributed by atoms with Crippen molar-refractivity contribution in [3.8, 4) is 28.7 Å². The molecular weight excluding hydrogens is 396 g/mol. The number of Topliss-reactive ketones (excluding diaryl/α,β-unsaturated/α-hetero) is 1. The third-order valence-corrected chi connectivity index (χ3v) is 4.47. The summed E-state index contributed by atoms with van der Waals surface area (Å²) >= 11 is 0. The van der Waals surface area contributed by atoms with Crippen LogP contribution in [0.15, 0.2) is 30.3 Å². The van der Waals surface area contributed by atoms with Crippen molar-refractivity contribution in [2.24, 2.45) is 0 Å². The Balaban J connectivity index is 2.39. The van der Waals surface area contributed by atoms with Crippen LogP contribution in [0.4, 0.5) is 0 Å². The molecular formula is C21H26O9. The Hall–Kier alpha value is -3.01. The fourth-order valence-corrected chi connectivity index (χ4v) is 2.85. The second kappa shape index (κ2) is 10.7. The van der Waals surface area contributed by atoms with E-state index >= 15 is 0 Å². The summed E-state index contributed by atoms with van der Waals surface area (Å²) in [5, 5.41) is 39.2. The van der Waals surface area contributed by atoms with Crippen LogP contribution in [0, 0.1) is 0 Å². The van der Waals surface area contributed by atoms with Gasteiger partial charge in [0.2, 0.25) is 5.75 Å². The minimum atomic E-state index is -1.28. The van der Waals surface area contributed by atoms with Crippen LogP contribution >= 0.6 is 0 Å². The number of ketones is 1. The average Bonchev–Trinajstić information content (AvgIpc) is 2.76. The topological polar surface area (TPSA) is 135 Å². The van der Waals surface area contributed by atoms with Gasteiger partial charge >= 0.3 is 0 Å². The van der Waals surface area contributed by atoms with Crippen molar-refractivity contribution in [2.75, 3.05) is 34.5 Å². The maximum Gasteiger partial charge on any atom is 0.204 e. The van der Waals surface area contributed by atoms with Crippen LogP contribution in [-0.2, 0) is 0 Å². The van der Waals surface area contributed by atoms with E-state index in [0.29, 0.717) is 5.56 Å². The molecule has 9 nitrogen and oxygen atoms in total. The van der Waals surface area contributed by atoms with E-state index in [-0.39, 0.29) is 53.1 Å². The number of aliphatic hydroxyl groups is 3. The molecule has 0 aliphatic carbocycles. The molecule has 0 spiro atoms. The predicted molar refractivity (Wildman–Crippen MR) is 107 cm³/mol. The lowest BCUT2D eigenvalue weighted by Gasteiger charge is -2.25. The zero-order chi connectivity index (χ0) is 22.3. The van der Waals surface area contributed by atoms with Gasteiger partial charge in [0.05, 0.1) is 34.5 Å². The van der Waals surface area contributed by atoms with Gasteiger partial charge in [0.15, 0.2) is 34.9 Å². The largest absolute Gasteiger partial charge is 0.504 e. The van der Waals surface area contributed by atoms with Gasteiger partial charge in [0, 0.05) is 12.0 Å². The van der Waals surface area contributed by atoms with Crippen LogP contribution < -0.4 is 18.9 Å². The number of carbonyl (C=O) groups is 1. The Morgan fingerprint density at radius 2 is 1.57 bits per heavy atom. The van der Waals surface area contributed by atoms with Gasteiger partial charge < -0.3 is 39.4 Å². The molecule has 0 heterocycles. The minimum absolute atomic E-state index is 0.0623. The summed E-state index contributed by atoms with van der Waals surface area (Å²) in [4.78, 5) is 12.1. The first-order valence-electron chi connectivity index (χ1n) is 9.12. The lowest BCUT2D eigenvalue weighted by molar-refractivity contribution is -0.00176. The quantitative estimate of drug-likeness (QED) is 0.397. The minimum Gasteiger partial charge on any atom is -0.504 e. The number of phenolic OH excluding ortho intramolecular Hbond substituents is 1. The molecule has 0 saturated carbocycles. The van der Waals surface area contributed by atoms with E-state index in [2.05, 4.69) is 0 Å². The first-order valence-corrected chi connectivity index (χ1v) is 9.12. The molecule has 4 N–H and O–H groups in total. The number of benzene rings is 2. The number of aromatic hydroxyl groups is 1. The monoisotopic (exact) mass is 422 g/mol. The van der Waals surface area contributed by atoms with E-state index in [1.165, 1.54) is 51.7 Å². The molecule has 0 saturated heterocycles. The molecule has 0 radical (unpaired) electrons. The fraction of sp³-hybridized carbons (Fsp3) is 0.381. The fourth-order valence-electron chi connectivity index (χ4n) is 2.85. The van der Waals surface area contributed by atoms with Crippen molar-refractivity contribution >= 4 is 5.78 Å². The highest BCUT2D eigenvalue weighted by Crippen LogP contribution is 2.41. The first kappa shape index (κ1) is 23.3. The lowest BCUT2D eigenvalue weighted by Crippen LogP contribution is -2.29. The number of rotatable bonds is 11. The van der Waals surface area contributed by atoms with E-state index in [1.807, 2.05) is 0 Å². The SMILES string of the molecule is COc1cc(C(O)C(CO)Oc2c(OC)cc(C(=O)CCO)cc2OC)ccc1O. The van der Waals surface area contributed by atoms with Gasteiger partial charge in [-0.25, -0.2) is 0 Å². The molecule has 2 atom stereocenters. The lowest BCUT2D eigenvalue weighted by atomic mass is 10.0. The van der Waals surface area contributed by atoms with Gasteiger partial charge in [-0.2, -0.15) is 0 Å². The average molecular weight is 422 g/mol. The van der Waals surface area contributed by atoms with Crippen molar-refractivity contribution in [3.63, 3.8) is 0 Å². The van der Waals surface area contributed by atoms with E-state index in [0.717, 1.165) is 0 Å². The number of carbonyl (C=O) groups excluding carboxylic acids is 1. The van der Waals surface area contributed by atoms with E-state index in [4.69, 9.17) is 24.1 Å². The summed E-state index contributed by atoms with van der Waals surface area (Å²) in [5.41, 5.74) is 0.603. The maximum atomic E-state index is 12.1. The van der Waals surface area contributed by atoms with E-state index in [9.17, 15) is 20.1 Å². The molecule has 2 unspecified atom stereocenters. The molecule has 0 amide bonds. The van der Waals surface area contributed by atoms with Crippen LogP contribution in [-0.4, -0.2) is 66.9 Å². The zero-order valence-corrected chi connectivity index (χ0v) is 17.0. The highest BCUT2D eigenvalue weighted by atomic mass is 16.6. The highest BCUT2D eigenvalue weighted by Gasteiger charge is 2.27. The van der Waals surface area contributed by atoms with Gasteiger partial charge in [0.25, 0.3) is 0 Å². The first-order chi connectivity index (χ1) is 14.4. The Morgan fingerprint density at radius 3 is 2.07 bits per heavy atom. The molecule has 30 heavy (non-hydrogen) atoms.